The second-order valence-corrected chi connectivity index (χ2v) is 9.48. The average molecular weight is 493 g/mol. The normalized spacial score (nSPS) is 13.9. The number of nitrogens with zero attached hydrogens (tertiary/aromatic N) is 8. The largest absolute Gasteiger partial charge is 0.353 e. The van der Waals surface area contributed by atoms with E-state index in [1.165, 1.54) is 0 Å². The maximum atomic E-state index is 14.0. The summed E-state index contributed by atoms with van der Waals surface area (Å²) >= 11 is 0. The zero-order valence-electron chi connectivity index (χ0n) is 21.2. The molecule has 0 aliphatic carbocycles. The third-order valence-corrected chi connectivity index (χ3v) is 7.13. The van der Waals surface area contributed by atoms with Crippen molar-refractivity contribution in [3.63, 3.8) is 0 Å². The van der Waals surface area contributed by atoms with Crippen molar-refractivity contribution in [3.05, 3.63) is 78.0 Å². The Kier molecular flexibility index (Phi) is 5.67. The molecule has 0 N–H and O–H groups in total. The molecule has 5 aromatic rings. The summed E-state index contributed by atoms with van der Waals surface area (Å²) in [6, 6.07) is 20.5. The second-order valence-electron chi connectivity index (χ2n) is 9.48. The number of tetrazole rings is 1. The van der Waals surface area contributed by atoms with Gasteiger partial charge in [-0.1, -0.05) is 42.0 Å². The van der Waals surface area contributed by atoms with Gasteiger partial charge in [0.1, 0.15) is 5.82 Å². The van der Waals surface area contributed by atoms with Crippen LogP contribution in [-0.2, 0) is 14.1 Å². The van der Waals surface area contributed by atoms with Gasteiger partial charge in [-0.25, -0.2) is 9.67 Å². The molecule has 186 valence electrons. The highest BCUT2D eigenvalue weighted by Crippen LogP contribution is 2.35. The number of hydrogen-bond acceptors (Lipinski definition) is 6. The van der Waals surface area contributed by atoms with Crippen molar-refractivity contribution in [3.8, 4) is 22.6 Å². The van der Waals surface area contributed by atoms with Crippen molar-refractivity contribution in [1.29, 1.82) is 0 Å². The van der Waals surface area contributed by atoms with E-state index in [1.54, 1.807) is 17.9 Å². The lowest BCUT2D eigenvalue weighted by molar-refractivity contribution is 0.0749. The van der Waals surface area contributed by atoms with Crippen LogP contribution in [0.25, 0.3) is 33.5 Å². The summed E-state index contributed by atoms with van der Waals surface area (Å²) in [5.41, 5.74) is 5.86. The summed E-state index contributed by atoms with van der Waals surface area (Å²) in [6.07, 6.45) is 1.79. The minimum absolute atomic E-state index is 0.0767. The molecule has 1 aliphatic heterocycles. The number of fused-ring (bicyclic) bond motifs is 1. The van der Waals surface area contributed by atoms with E-state index >= 15 is 0 Å². The van der Waals surface area contributed by atoms with Crippen LogP contribution in [0.15, 0.2) is 66.9 Å². The fraction of sp³-hybridized carbons (Fsp3) is 0.250. The molecule has 0 radical (unpaired) electrons. The predicted molar refractivity (Wildman–Crippen MR) is 143 cm³/mol. The van der Waals surface area contributed by atoms with E-state index in [0.717, 1.165) is 44.7 Å². The van der Waals surface area contributed by atoms with E-state index in [-0.39, 0.29) is 5.91 Å². The molecule has 9 heteroatoms. The molecule has 4 heterocycles. The number of pyridine rings is 1. The van der Waals surface area contributed by atoms with Crippen LogP contribution in [0.3, 0.4) is 0 Å². The van der Waals surface area contributed by atoms with E-state index < -0.39 is 0 Å². The number of amides is 1. The molecule has 1 saturated heterocycles. The maximum absolute atomic E-state index is 14.0. The standard InChI is InChI=1S/C28H28N8O/c1-19-9-11-23-22(17-19)25(26(33(23)2)20-7-5-4-6-8-20)28(37)36-15-13-35(14-16-36)24-12-10-21(18-29-24)27-30-31-32-34(27)3/h4-12,17-18H,13-16H2,1-3H3. The smallest absolute Gasteiger partial charge is 0.256 e. The van der Waals surface area contributed by atoms with E-state index in [9.17, 15) is 4.79 Å². The number of carbonyl (C=O) groups is 1. The van der Waals surface area contributed by atoms with Crippen LogP contribution in [0.5, 0.6) is 0 Å². The molecule has 0 atom stereocenters. The molecule has 1 aliphatic rings. The number of hydrogen-bond donors (Lipinski definition) is 0. The van der Waals surface area contributed by atoms with Gasteiger partial charge in [0.05, 0.1) is 11.3 Å². The molecule has 1 amide bonds. The zero-order valence-corrected chi connectivity index (χ0v) is 21.2. The van der Waals surface area contributed by atoms with E-state index in [2.05, 4.69) is 67.2 Å². The van der Waals surface area contributed by atoms with Gasteiger partial charge in [-0.05, 0) is 47.2 Å². The molecule has 0 saturated carbocycles. The lowest BCUT2D eigenvalue weighted by Gasteiger charge is -2.35. The number of aryl methyl sites for hydroxylation is 3. The van der Waals surface area contributed by atoms with Crippen molar-refractivity contribution in [2.75, 3.05) is 31.1 Å². The van der Waals surface area contributed by atoms with Crippen molar-refractivity contribution in [2.45, 2.75) is 6.92 Å². The van der Waals surface area contributed by atoms with Crippen LogP contribution in [0.2, 0.25) is 0 Å². The van der Waals surface area contributed by atoms with Crippen LogP contribution in [0.4, 0.5) is 5.82 Å². The molecular formula is C28H28N8O. The van der Waals surface area contributed by atoms with Gasteiger partial charge < -0.3 is 14.4 Å². The molecule has 2 aromatic carbocycles. The fourth-order valence-corrected chi connectivity index (χ4v) is 5.18. The van der Waals surface area contributed by atoms with Crippen molar-refractivity contribution in [1.82, 2.24) is 34.7 Å². The van der Waals surface area contributed by atoms with Gasteiger partial charge in [-0.3, -0.25) is 4.79 Å². The third kappa shape index (κ3) is 4.02. The molecule has 3 aromatic heterocycles. The number of carbonyl (C=O) groups excluding carboxylic acids is 1. The molecule has 0 unspecified atom stereocenters. The Morgan fingerprint density at radius 2 is 1.68 bits per heavy atom. The van der Waals surface area contributed by atoms with Crippen LogP contribution < -0.4 is 4.90 Å². The van der Waals surface area contributed by atoms with E-state index in [1.807, 2.05) is 42.3 Å². The Labute approximate surface area is 215 Å². The molecule has 0 spiro atoms. The van der Waals surface area contributed by atoms with Gasteiger partial charge in [0.2, 0.25) is 0 Å². The summed E-state index contributed by atoms with van der Waals surface area (Å²) in [7, 11) is 3.85. The maximum Gasteiger partial charge on any atom is 0.256 e. The minimum Gasteiger partial charge on any atom is -0.353 e. The van der Waals surface area contributed by atoms with E-state index in [4.69, 9.17) is 0 Å². The number of aromatic nitrogens is 6. The number of piperazine rings is 1. The van der Waals surface area contributed by atoms with Gasteiger partial charge in [-0.2, -0.15) is 0 Å². The SMILES string of the molecule is Cc1ccc2c(c1)c(C(=O)N1CCN(c3ccc(-c4nnnn4C)cn3)CC1)c(-c1ccccc1)n2C. The third-order valence-electron chi connectivity index (χ3n) is 7.13. The van der Waals surface area contributed by atoms with Gasteiger partial charge in [0, 0.05) is 62.9 Å². The predicted octanol–water partition coefficient (Wildman–Crippen LogP) is 3.70. The van der Waals surface area contributed by atoms with Crippen molar-refractivity contribution in [2.24, 2.45) is 14.1 Å². The van der Waals surface area contributed by atoms with Gasteiger partial charge in [0.15, 0.2) is 5.82 Å². The molecule has 37 heavy (non-hydrogen) atoms. The Hall–Kier alpha value is -4.53. The molecular weight excluding hydrogens is 464 g/mol. The monoisotopic (exact) mass is 492 g/mol. The quantitative estimate of drug-likeness (QED) is 0.380. The first-order chi connectivity index (χ1) is 18.0. The lowest BCUT2D eigenvalue weighted by atomic mass is 10.0. The number of anilines is 1. The van der Waals surface area contributed by atoms with Crippen molar-refractivity contribution >= 4 is 22.6 Å². The second kappa shape index (κ2) is 9.16. The summed E-state index contributed by atoms with van der Waals surface area (Å²) in [6.45, 7) is 4.76. The molecule has 9 nitrogen and oxygen atoms in total. The Morgan fingerprint density at radius 1 is 0.892 bits per heavy atom. The summed E-state index contributed by atoms with van der Waals surface area (Å²) in [4.78, 5) is 22.9. The number of benzene rings is 2. The van der Waals surface area contributed by atoms with Crippen LogP contribution in [-0.4, -0.2) is 66.7 Å². The lowest BCUT2D eigenvalue weighted by Crippen LogP contribution is -2.49. The first-order valence-corrected chi connectivity index (χ1v) is 12.4. The van der Waals surface area contributed by atoms with Gasteiger partial charge >= 0.3 is 0 Å². The first kappa shape index (κ1) is 22.9. The Bertz CT molecular complexity index is 1580. The van der Waals surface area contributed by atoms with E-state index in [0.29, 0.717) is 32.0 Å². The molecule has 1 fully saturated rings. The fourth-order valence-electron chi connectivity index (χ4n) is 5.18. The Morgan fingerprint density at radius 3 is 2.35 bits per heavy atom. The number of rotatable bonds is 4. The van der Waals surface area contributed by atoms with Crippen molar-refractivity contribution < 1.29 is 4.79 Å². The van der Waals surface area contributed by atoms with Gasteiger partial charge in [-0.15, -0.1) is 5.10 Å². The molecule has 0 bridgehead atoms. The molecule has 6 rings (SSSR count). The summed E-state index contributed by atoms with van der Waals surface area (Å²) in [5.74, 6) is 1.64. The van der Waals surface area contributed by atoms with Crippen LogP contribution in [0.1, 0.15) is 15.9 Å². The Balaban J connectivity index is 1.26. The van der Waals surface area contributed by atoms with Crippen LogP contribution >= 0.6 is 0 Å². The first-order valence-electron chi connectivity index (χ1n) is 12.4. The zero-order chi connectivity index (χ0) is 25.5. The highest BCUT2D eigenvalue weighted by molar-refractivity contribution is 6.13. The summed E-state index contributed by atoms with van der Waals surface area (Å²) < 4.78 is 3.77. The highest BCUT2D eigenvalue weighted by Gasteiger charge is 2.29. The van der Waals surface area contributed by atoms with Crippen LogP contribution in [0, 0.1) is 6.92 Å². The van der Waals surface area contributed by atoms with Gasteiger partial charge in [0.25, 0.3) is 5.91 Å². The average Bonchev–Trinajstić information content (AvgIpc) is 3.49. The highest BCUT2D eigenvalue weighted by atomic mass is 16.2. The minimum atomic E-state index is 0.0767. The summed E-state index contributed by atoms with van der Waals surface area (Å²) in [5, 5.41) is 12.6. The topological polar surface area (TPSA) is 85.0 Å².